The molecule has 4 heteroatoms. The molecule has 1 aromatic rings. The van der Waals surface area contributed by atoms with Gasteiger partial charge in [-0.2, -0.15) is 0 Å². The maximum Gasteiger partial charge on any atom is 0.409 e. The Hall–Kier alpha value is -1.55. The fraction of sp³-hybridized carbons (Fsp3) is 0.588. The number of amides is 1. The van der Waals surface area contributed by atoms with Gasteiger partial charge in [0, 0.05) is 32.2 Å². The molecule has 0 bridgehead atoms. The molecule has 116 valence electrons. The van der Waals surface area contributed by atoms with Crippen LogP contribution in [0, 0.1) is 0 Å². The highest BCUT2D eigenvalue weighted by molar-refractivity contribution is 5.68. The highest BCUT2D eigenvalue weighted by atomic mass is 16.6. The molecule has 0 aliphatic carbocycles. The van der Waals surface area contributed by atoms with Crippen molar-refractivity contribution in [3.05, 3.63) is 35.9 Å². The number of ether oxygens (including phenoxy) is 1. The van der Waals surface area contributed by atoms with Gasteiger partial charge in [-0.25, -0.2) is 4.79 Å². The lowest BCUT2D eigenvalue weighted by Gasteiger charge is -2.37. The Bertz CT molecular complexity index is 428. The molecule has 1 aliphatic heterocycles. The second-order valence-electron chi connectivity index (χ2n) is 5.48. The summed E-state index contributed by atoms with van der Waals surface area (Å²) in [7, 11) is 0. The Morgan fingerprint density at radius 1 is 1.24 bits per heavy atom. The van der Waals surface area contributed by atoms with Crippen molar-refractivity contribution in [2.75, 3.05) is 26.2 Å². The van der Waals surface area contributed by atoms with Gasteiger partial charge in [0.05, 0.1) is 6.61 Å². The predicted molar refractivity (Wildman–Crippen MR) is 84.1 cm³/mol. The Morgan fingerprint density at radius 2 is 1.90 bits per heavy atom. The van der Waals surface area contributed by atoms with Gasteiger partial charge in [0.2, 0.25) is 0 Å². The number of carbonyl (C=O) groups is 1. The van der Waals surface area contributed by atoms with Crippen LogP contribution >= 0.6 is 0 Å². The maximum atomic E-state index is 11.9. The number of rotatable bonds is 5. The average Bonchev–Trinajstić information content (AvgIpc) is 2.51. The van der Waals surface area contributed by atoms with Crippen LogP contribution in [-0.2, 0) is 11.3 Å². The van der Waals surface area contributed by atoms with Gasteiger partial charge in [-0.05, 0) is 32.3 Å². The van der Waals surface area contributed by atoms with Gasteiger partial charge in [-0.15, -0.1) is 0 Å². The third kappa shape index (κ3) is 4.46. The molecule has 0 radical (unpaired) electrons. The quantitative estimate of drug-likeness (QED) is 0.835. The van der Waals surface area contributed by atoms with Gasteiger partial charge in [0.15, 0.2) is 0 Å². The van der Waals surface area contributed by atoms with Crippen molar-refractivity contribution in [2.24, 2.45) is 0 Å². The molecule has 0 unspecified atom stereocenters. The van der Waals surface area contributed by atoms with Gasteiger partial charge in [0.25, 0.3) is 0 Å². The highest BCUT2D eigenvalue weighted by Gasteiger charge is 2.27. The van der Waals surface area contributed by atoms with Crippen molar-refractivity contribution < 1.29 is 9.53 Å². The first-order valence-electron chi connectivity index (χ1n) is 7.94. The van der Waals surface area contributed by atoms with Gasteiger partial charge in [0.1, 0.15) is 0 Å². The highest BCUT2D eigenvalue weighted by Crippen LogP contribution is 2.19. The van der Waals surface area contributed by atoms with Crippen LogP contribution in [-0.4, -0.2) is 48.2 Å². The van der Waals surface area contributed by atoms with E-state index in [-0.39, 0.29) is 6.09 Å². The normalized spacial score (nSPS) is 16.7. The Balaban J connectivity index is 1.83. The van der Waals surface area contributed by atoms with Gasteiger partial charge >= 0.3 is 6.09 Å². The second-order valence-corrected chi connectivity index (χ2v) is 5.48. The second kappa shape index (κ2) is 8.03. The van der Waals surface area contributed by atoms with Gasteiger partial charge < -0.3 is 9.64 Å². The third-order valence-corrected chi connectivity index (χ3v) is 4.09. The van der Waals surface area contributed by atoms with Crippen molar-refractivity contribution in [1.82, 2.24) is 9.80 Å². The van der Waals surface area contributed by atoms with Crippen LogP contribution in [0.2, 0.25) is 0 Å². The van der Waals surface area contributed by atoms with Crippen molar-refractivity contribution in [2.45, 2.75) is 39.3 Å². The number of likely N-dealkylation sites (tertiary alicyclic amines) is 1. The summed E-state index contributed by atoms with van der Waals surface area (Å²) in [6, 6.07) is 10.9. The fourth-order valence-corrected chi connectivity index (χ4v) is 2.97. The summed E-state index contributed by atoms with van der Waals surface area (Å²) in [5, 5.41) is 0. The summed E-state index contributed by atoms with van der Waals surface area (Å²) >= 11 is 0. The number of nitrogens with zero attached hydrogens (tertiary/aromatic N) is 2. The standard InChI is InChI=1S/C17H26N2O2/c1-3-19(17(20)21-4-2)16-10-12-18(13-11-16)14-15-8-6-5-7-9-15/h5-9,16H,3-4,10-14H2,1-2H3. The third-order valence-electron chi connectivity index (χ3n) is 4.09. The molecule has 1 heterocycles. The van der Waals surface area contributed by atoms with E-state index in [0.29, 0.717) is 12.6 Å². The molecule has 1 fully saturated rings. The SMILES string of the molecule is CCOC(=O)N(CC)C1CCN(Cc2ccccc2)CC1. The Kier molecular flexibility index (Phi) is 6.05. The number of carbonyl (C=O) groups excluding carboxylic acids is 1. The van der Waals surface area contributed by atoms with E-state index in [4.69, 9.17) is 4.74 Å². The lowest BCUT2D eigenvalue weighted by atomic mass is 10.0. The van der Waals surface area contributed by atoms with Crippen molar-refractivity contribution in [1.29, 1.82) is 0 Å². The predicted octanol–water partition coefficient (Wildman–Crippen LogP) is 3.13. The minimum atomic E-state index is -0.165. The molecule has 1 aromatic carbocycles. The van der Waals surface area contributed by atoms with E-state index in [1.807, 2.05) is 24.8 Å². The van der Waals surface area contributed by atoms with Crippen LogP contribution < -0.4 is 0 Å². The largest absolute Gasteiger partial charge is 0.450 e. The van der Waals surface area contributed by atoms with E-state index < -0.39 is 0 Å². The van der Waals surface area contributed by atoms with Crippen molar-refractivity contribution in [3.63, 3.8) is 0 Å². The summed E-state index contributed by atoms with van der Waals surface area (Å²) in [5.41, 5.74) is 1.36. The van der Waals surface area contributed by atoms with Crippen LogP contribution in [0.1, 0.15) is 32.3 Å². The molecule has 1 aliphatic rings. The zero-order valence-electron chi connectivity index (χ0n) is 13.1. The monoisotopic (exact) mass is 290 g/mol. The summed E-state index contributed by atoms with van der Waals surface area (Å²) < 4.78 is 5.14. The maximum absolute atomic E-state index is 11.9. The molecule has 1 saturated heterocycles. The lowest BCUT2D eigenvalue weighted by molar-refractivity contribution is 0.0692. The van der Waals surface area contributed by atoms with Crippen LogP contribution in [0.25, 0.3) is 0 Å². The molecule has 0 saturated carbocycles. The van der Waals surface area contributed by atoms with E-state index in [1.54, 1.807) is 0 Å². The van der Waals surface area contributed by atoms with Gasteiger partial charge in [-0.1, -0.05) is 30.3 Å². The first-order valence-corrected chi connectivity index (χ1v) is 7.94. The Morgan fingerprint density at radius 3 is 2.48 bits per heavy atom. The number of hydrogen-bond acceptors (Lipinski definition) is 3. The van der Waals surface area contributed by atoms with E-state index >= 15 is 0 Å². The fourth-order valence-electron chi connectivity index (χ4n) is 2.97. The molecule has 4 nitrogen and oxygen atoms in total. The van der Waals surface area contributed by atoms with Crippen LogP contribution in [0.5, 0.6) is 0 Å². The summed E-state index contributed by atoms with van der Waals surface area (Å²) in [6.45, 7) is 8.12. The molecule has 2 rings (SSSR count). The van der Waals surface area contributed by atoms with Crippen LogP contribution in [0.3, 0.4) is 0 Å². The molecule has 0 N–H and O–H groups in total. The van der Waals surface area contributed by atoms with E-state index in [2.05, 4.69) is 29.2 Å². The molecule has 0 atom stereocenters. The molecular formula is C17H26N2O2. The first kappa shape index (κ1) is 15.8. The summed E-state index contributed by atoms with van der Waals surface area (Å²) in [6.07, 6.45) is 1.89. The minimum absolute atomic E-state index is 0.165. The number of hydrogen-bond donors (Lipinski definition) is 0. The summed E-state index contributed by atoms with van der Waals surface area (Å²) in [5.74, 6) is 0. The molecule has 1 amide bonds. The van der Waals surface area contributed by atoms with Gasteiger partial charge in [-0.3, -0.25) is 4.90 Å². The van der Waals surface area contributed by atoms with Crippen molar-refractivity contribution in [3.8, 4) is 0 Å². The minimum Gasteiger partial charge on any atom is -0.450 e. The average molecular weight is 290 g/mol. The molecule has 0 spiro atoms. The van der Waals surface area contributed by atoms with Crippen LogP contribution in [0.15, 0.2) is 30.3 Å². The summed E-state index contributed by atoms with van der Waals surface area (Å²) in [4.78, 5) is 16.3. The van der Waals surface area contributed by atoms with E-state index in [1.165, 1.54) is 5.56 Å². The smallest absolute Gasteiger partial charge is 0.409 e. The number of piperidine rings is 1. The van der Waals surface area contributed by atoms with Crippen molar-refractivity contribution >= 4 is 6.09 Å². The first-order chi connectivity index (χ1) is 10.2. The molecule has 21 heavy (non-hydrogen) atoms. The molecule has 0 aromatic heterocycles. The van der Waals surface area contributed by atoms with Crippen LogP contribution in [0.4, 0.5) is 4.79 Å². The van der Waals surface area contributed by atoms with E-state index in [9.17, 15) is 4.79 Å². The topological polar surface area (TPSA) is 32.8 Å². The molecular weight excluding hydrogens is 264 g/mol. The zero-order valence-corrected chi connectivity index (χ0v) is 13.1. The zero-order chi connectivity index (χ0) is 15.1. The lowest BCUT2D eigenvalue weighted by Crippen LogP contribution is -2.47. The number of benzene rings is 1. The van der Waals surface area contributed by atoms with E-state index in [0.717, 1.165) is 39.0 Å². The Labute approximate surface area is 127 Å².